The second-order valence-corrected chi connectivity index (χ2v) is 10.2. The third-order valence-electron chi connectivity index (χ3n) is 5.93. The number of esters is 1. The topological polar surface area (TPSA) is 88.4 Å². The monoisotopic (exact) mass is 548 g/mol. The minimum Gasteiger partial charge on any atom is -0.494 e. The van der Waals surface area contributed by atoms with Crippen LogP contribution in [0.4, 0.5) is 0 Å². The van der Waals surface area contributed by atoms with E-state index in [1.807, 2.05) is 48.5 Å². The fourth-order valence-corrected chi connectivity index (χ4v) is 5.00. The normalized spacial score (nSPS) is 11.8. The van der Waals surface area contributed by atoms with E-state index in [9.17, 15) is 9.59 Å². The zero-order chi connectivity index (χ0) is 27.8. The molecule has 4 rings (SSSR count). The molecule has 1 heterocycles. The Morgan fingerprint density at radius 2 is 1.69 bits per heavy atom. The first-order valence-corrected chi connectivity index (χ1v) is 13.5. The highest BCUT2D eigenvalue weighted by molar-refractivity contribution is 7.16. The third kappa shape index (κ3) is 6.86. The predicted octanol–water partition coefficient (Wildman–Crippen LogP) is 5.65. The maximum atomic E-state index is 12.8. The standard InChI is InChI=1S/C30H32N2O6S/c1-5-36-28(33)30(2,3)38-24-15-13-23(14-16-24)37-19-9-18-32-25-17-12-22(20-26(25)39-29(32)34)27(31-35-4)21-10-7-6-8-11-21/h6-8,10-17,20H,5,9,18-19H2,1-4H3. The molecule has 8 nitrogen and oxygen atoms in total. The molecule has 0 unspecified atom stereocenters. The predicted molar refractivity (Wildman–Crippen MR) is 153 cm³/mol. The minimum absolute atomic E-state index is 0.0159. The van der Waals surface area contributed by atoms with Crippen LogP contribution in [0.3, 0.4) is 0 Å². The second-order valence-electron chi connectivity index (χ2n) is 9.20. The summed E-state index contributed by atoms with van der Waals surface area (Å²) in [4.78, 5) is 29.9. The summed E-state index contributed by atoms with van der Waals surface area (Å²) in [6.45, 7) is 6.36. The Labute approximate surface area is 231 Å². The maximum absolute atomic E-state index is 12.8. The Morgan fingerprint density at radius 3 is 2.38 bits per heavy atom. The molecule has 0 aliphatic carbocycles. The first kappa shape index (κ1) is 27.9. The van der Waals surface area contributed by atoms with Crippen LogP contribution in [-0.2, 0) is 20.9 Å². The molecule has 0 spiro atoms. The minimum atomic E-state index is -1.09. The Kier molecular flexibility index (Phi) is 9.03. The van der Waals surface area contributed by atoms with Gasteiger partial charge in [0.1, 0.15) is 24.3 Å². The number of hydrogen-bond donors (Lipinski definition) is 0. The number of aryl methyl sites for hydroxylation is 1. The van der Waals surface area contributed by atoms with E-state index in [0.717, 1.165) is 21.3 Å². The average molecular weight is 549 g/mol. The fourth-order valence-electron chi connectivity index (χ4n) is 4.04. The lowest BCUT2D eigenvalue weighted by Gasteiger charge is -2.24. The Bertz CT molecular complexity index is 1490. The van der Waals surface area contributed by atoms with Crippen molar-refractivity contribution in [2.75, 3.05) is 20.3 Å². The van der Waals surface area contributed by atoms with Gasteiger partial charge in [-0.15, -0.1) is 0 Å². The van der Waals surface area contributed by atoms with Crippen LogP contribution in [0.1, 0.15) is 38.3 Å². The highest BCUT2D eigenvalue weighted by atomic mass is 32.1. The number of oxime groups is 1. The van der Waals surface area contributed by atoms with Gasteiger partial charge in [0.15, 0.2) is 5.60 Å². The van der Waals surface area contributed by atoms with Crippen molar-refractivity contribution in [1.29, 1.82) is 0 Å². The lowest BCUT2D eigenvalue weighted by molar-refractivity contribution is -0.158. The molecule has 39 heavy (non-hydrogen) atoms. The molecule has 9 heteroatoms. The smallest absolute Gasteiger partial charge is 0.349 e. The van der Waals surface area contributed by atoms with Crippen LogP contribution in [-0.4, -0.2) is 42.2 Å². The fraction of sp³-hybridized carbons (Fsp3) is 0.300. The Balaban J connectivity index is 1.37. The third-order valence-corrected chi connectivity index (χ3v) is 6.87. The van der Waals surface area contributed by atoms with E-state index in [1.165, 1.54) is 18.4 Å². The largest absolute Gasteiger partial charge is 0.494 e. The van der Waals surface area contributed by atoms with Gasteiger partial charge in [0.05, 0.1) is 23.4 Å². The van der Waals surface area contributed by atoms with Gasteiger partial charge in [-0.2, -0.15) is 0 Å². The molecule has 0 radical (unpaired) electrons. The molecule has 0 aliphatic heterocycles. The quantitative estimate of drug-likeness (QED) is 0.0984. The van der Waals surface area contributed by atoms with Crippen molar-refractivity contribution in [2.45, 2.75) is 39.3 Å². The van der Waals surface area contributed by atoms with Gasteiger partial charge < -0.3 is 19.0 Å². The van der Waals surface area contributed by atoms with Gasteiger partial charge in [0, 0.05) is 17.7 Å². The number of rotatable bonds is 12. The summed E-state index contributed by atoms with van der Waals surface area (Å²) in [6.07, 6.45) is 0.655. The first-order valence-electron chi connectivity index (χ1n) is 12.7. The van der Waals surface area contributed by atoms with E-state index in [2.05, 4.69) is 5.16 Å². The number of benzene rings is 3. The zero-order valence-electron chi connectivity index (χ0n) is 22.5. The Hall–Kier alpha value is -4.11. The lowest BCUT2D eigenvalue weighted by Crippen LogP contribution is -2.39. The summed E-state index contributed by atoms with van der Waals surface area (Å²) >= 11 is 1.21. The second kappa shape index (κ2) is 12.6. The van der Waals surface area contributed by atoms with Crippen molar-refractivity contribution in [2.24, 2.45) is 5.16 Å². The van der Waals surface area contributed by atoms with Crippen LogP contribution >= 0.6 is 11.3 Å². The molecule has 0 aliphatic rings. The van der Waals surface area contributed by atoms with E-state index in [4.69, 9.17) is 19.0 Å². The summed E-state index contributed by atoms with van der Waals surface area (Å²) in [5, 5.41) is 4.22. The Morgan fingerprint density at radius 1 is 0.974 bits per heavy atom. The number of thiazole rings is 1. The number of aromatic nitrogens is 1. The van der Waals surface area contributed by atoms with E-state index in [1.54, 1.807) is 49.6 Å². The van der Waals surface area contributed by atoms with Crippen molar-refractivity contribution in [3.8, 4) is 11.5 Å². The molecule has 0 fully saturated rings. The molecule has 0 saturated heterocycles. The summed E-state index contributed by atoms with van der Waals surface area (Å²) in [6, 6.07) is 22.8. The number of carbonyl (C=O) groups excluding carboxylic acids is 1. The van der Waals surface area contributed by atoms with E-state index >= 15 is 0 Å². The van der Waals surface area contributed by atoms with Crippen LogP contribution < -0.4 is 14.3 Å². The summed E-state index contributed by atoms with van der Waals surface area (Å²) in [5.41, 5.74) is 2.32. The molecular formula is C30H32N2O6S. The van der Waals surface area contributed by atoms with Crippen molar-refractivity contribution in [1.82, 2.24) is 4.57 Å². The van der Waals surface area contributed by atoms with Gasteiger partial charge in [0.25, 0.3) is 0 Å². The van der Waals surface area contributed by atoms with E-state index in [-0.39, 0.29) is 4.87 Å². The van der Waals surface area contributed by atoms with Crippen LogP contribution in [0, 0.1) is 0 Å². The van der Waals surface area contributed by atoms with Gasteiger partial charge in [-0.05, 0) is 63.6 Å². The van der Waals surface area contributed by atoms with Crippen molar-refractivity contribution in [3.63, 3.8) is 0 Å². The van der Waals surface area contributed by atoms with Crippen LogP contribution in [0.2, 0.25) is 0 Å². The SMILES string of the molecule is CCOC(=O)C(C)(C)Oc1ccc(OCCCn2c(=O)sc3cc(C(=NOC)c4ccccc4)ccc32)cc1. The van der Waals surface area contributed by atoms with Gasteiger partial charge in [-0.25, -0.2) is 4.79 Å². The van der Waals surface area contributed by atoms with Crippen molar-refractivity contribution < 1.29 is 23.8 Å². The maximum Gasteiger partial charge on any atom is 0.349 e. The van der Waals surface area contributed by atoms with Crippen LogP contribution in [0.15, 0.2) is 82.7 Å². The molecule has 0 atom stereocenters. The number of hydrogen-bond acceptors (Lipinski definition) is 8. The first-order chi connectivity index (χ1) is 18.8. The molecule has 204 valence electrons. The van der Waals surface area contributed by atoms with Crippen molar-refractivity contribution in [3.05, 3.63) is 93.6 Å². The lowest BCUT2D eigenvalue weighted by atomic mass is 10.0. The number of ether oxygens (including phenoxy) is 3. The highest BCUT2D eigenvalue weighted by Gasteiger charge is 2.31. The van der Waals surface area contributed by atoms with E-state index < -0.39 is 11.6 Å². The summed E-state index contributed by atoms with van der Waals surface area (Å²) < 4.78 is 19.4. The number of carbonyl (C=O) groups is 1. The molecule has 3 aromatic carbocycles. The van der Waals surface area contributed by atoms with Gasteiger partial charge in [0.2, 0.25) is 0 Å². The molecule has 1 aromatic heterocycles. The average Bonchev–Trinajstić information content (AvgIpc) is 3.25. The molecule has 0 saturated carbocycles. The van der Waals surface area contributed by atoms with Crippen LogP contribution in [0.5, 0.6) is 11.5 Å². The van der Waals surface area contributed by atoms with Crippen LogP contribution in [0.25, 0.3) is 10.2 Å². The zero-order valence-corrected chi connectivity index (χ0v) is 23.3. The van der Waals surface area contributed by atoms with Gasteiger partial charge in [-0.1, -0.05) is 52.9 Å². The molecule has 0 bridgehead atoms. The van der Waals surface area contributed by atoms with Gasteiger partial charge in [-0.3, -0.25) is 9.36 Å². The molecule has 0 amide bonds. The highest BCUT2D eigenvalue weighted by Crippen LogP contribution is 2.24. The molecular weight excluding hydrogens is 516 g/mol. The summed E-state index contributed by atoms with van der Waals surface area (Å²) in [5.74, 6) is 0.800. The van der Waals surface area contributed by atoms with Crippen molar-refractivity contribution >= 4 is 33.2 Å². The summed E-state index contributed by atoms with van der Waals surface area (Å²) in [7, 11) is 1.52. The molecule has 4 aromatic rings. The van der Waals surface area contributed by atoms with E-state index in [0.29, 0.717) is 43.4 Å². The number of nitrogens with zero attached hydrogens (tertiary/aromatic N) is 2. The molecule has 0 N–H and O–H groups in total. The number of fused-ring (bicyclic) bond motifs is 1. The van der Waals surface area contributed by atoms with Gasteiger partial charge >= 0.3 is 10.8 Å².